The summed E-state index contributed by atoms with van der Waals surface area (Å²) < 4.78 is 5.20. The standard InChI is InChI=1S/C18H19NO2S/c1-21-14-6-4-5-13(11-14)12-18(20)19-16-9-10-22-17-8-3-2-7-15(16)17/h2-8,11,16H,9-10,12H2,1H3,(H,19,20)/t16-/m0/s1. The Balaban J connectivity index is 1.67. The van der Waals surface area contributed by atoms with Crippen LogP contribution in [0.25, 0.3) is 0 Å². The Bertz CT molecular complexity index is 672. The second-order valence-electron chi connectivity index (χ2n) is 5.32. The molecule has 1 amide bonds. The van der Waals surface area contributed by atoms with Gasteiger partial charge in [-0.05, 0) is 35.7 Å². The Labute approximate surface area is 135 Å². The van der Waals surface area contributed by atoms with E-state index in [9.17, 15) is 4.79 Å². The molecule has 4 heteroatoms. The summed E-state index contributed by atoms with van der Waals surface area (Å²) in [5, 5.41) is 3.17. The third kappa shape index (κ3) is 3.45. The monoisotopic (exact) mass is 313 g/mol. The van der Waals surface area contributed by atoms with Gasteiger partial charge in [-0.2, -0.15) is 0 Å². The summed E-state index contributed by atoms with van der Waals surface area (Å²) in [6.45, 7) is 0. The highest BCUT2D eigenvalue weighted by Gasteiger charge is 2.21. The normalized spacial score (nSPS) is 16.7. The Hall–Kier alpha value is -1.94. The van der Waals surface area contributed by atoms with Crippen molar-refractivity contribution in [2.75, 3.05) is 12.9 Å². The van der Waals surface area contributed by atoms with E-state index in [0.717, 1.165) is 23.5 Å². The van der Waals surface area contributed by atoms with Crippen molar-refractivity contribution in [1.29, 1.82) is 0 Å². The van der Waals surface area contributed by atoms with E-state index in [2.05, 4.69) is 17.4 Å². The first kappa shape index (κ1) is 15.0. The smallest absolute Gasteiger partial charge is 0.224 e. The van der Waals surface area contributed by atoms with Gasteiger partial charge in [0.05, 0.1) is 19.6 Å². The average Bonchev–Trinajstić information content (AvgIpc) is 2.55. The van der Waals surface area contributed by atoms with Crippen LogP contribution >= 0.6 is 11.8 Å². The van der Waals surface area contributed by atoms with E-state index in [1.165, 1.54) is 10.5 Å². The van der Waals surface area contributed by atoms with E-state index in [4.69, 9.17) is 4.74 Å². The number of fused-ring (bicyclic) bond motifs is 1. The van der Waals surface area contributed by atoms with Crippen LogP contribution in [0.4, 0.5) is 0 Å². The number of carbonyl (C=O) groups is 1. The maximum atomic E-state index is 12.3. The van der Waals surface area contributed by atoms with Gasteiger partial charge in [-0.3, -0.25) is 4.79 Å². The van der Waals surface area contributed by atoms with Gasteiger partial charge in [0.25, 0.3) is 0 Å². The molecule has 0 aromatic heterocycles. The van der Waals surface area contributed by atoms with E-state index < -0.39 is 0 Å². The number of rotatable bonds is 4. The van der Waals surface area contributed by atoms with Crippen LogP contribution in [0.5, 0.6) is 5.75 Å². The molecule has 1 heterocycles. The average molecular weight is 313 g/mol. The van der Waals surface area contributed by atoms with E-state index in [1.54, 1.807) is 7.11 Å². The van der Waals surface area contributed by atoms with Crippen LogP contribution in [-0.4, -0.2) is 18.8 Å². The van der Waals surface area contributed by atoms with Crippen molar-refractivity contribution >= 4 is 17.7 Å². The molecule has 0 aliphatic carbocycles. The fourth-order valence-electron chi connectivity index (χ4n) is 2.71. The van der Waals surface area contributed by atoms with Gasteiger partial charge in [-0.25, -0.2) is 0 Å². The summed E-state index contributed by atoms with van der Waals surface area (Å²) in [7, 11) is 1.63. The van der Waals surface area contributed by atoms with Crippen LogP contribution < -0.4 is 10.1 Å². The van der Waals surface area contributed by atoms with E-state index in [1.807, 2.05) is 48.2 Å². The first-order valence-corrected chi connectivity index (χ1v) is 8.39. The van der Waals surface area contributed by atoms with Crippen molar-refractivity contribution < 1.29 is 9.53 Å². The zero-order valence-electron chi connectivity index (χ0n) is 12.5. The van der Waals surface area contributed by atoms with Crippen molar-refractivity contribution in [2.45, 2.75) is 23.8 Å². The second kappa shape index (κ2) is 6.88. The van der Waals surface area contributed by atoms with Crippen molar-refractivity contribution in [3.63, 3.8) is 0 Å². The Kier molecular flexibility index (Phi) is 4.68. The third-order valence-electron chi connectivity index (χ3n) is 3.79. The number of hydrogen-bond donors (Lipinski definition) is 1. The largest absolute Gasteiger partial charge is 0.497 e. The highest BCUT2D eigenvalue weighted by atomic mass is 32.2. The molecule has 1 aliphatic heterocycles. The van der Waals surface area contributed by atoms with E-state index in [0.29, 0.717) is 6.42 Å². The van der Waals surface area contributed by atoms with Crippen LogP contribution in [0.2, 0.25) is 0 Å². The van der Waals surface area contributed by atoms with Crippen LogP contribution in [0, 0.1) is 0 Å². The van der Waals surface area contributed by atoms with Gasteiger partial charge in [0.15, 0.2) is 0 Å². The number of carbonyl (C=O) groups excluding carboxylic acids is 1. The molecule has 0 saturated carbocycles. The summed E-state index contributed by atoms with van der Waals surface area (Å²) in [5.41, 5.74) is 2.20. The number of hydrogen-bond acceptors (Lipinski definition) is 3. The molecule has 0 bridgehead atoms. The minimum atomic E-state index is 0.0555. The van der Waals surface area contributed by atoms with Gasteiger partial charge in [-0.15, -0.1) is 11.8 Å². The van der Waals surface area contributed by atoms with Gasteiger partial charge in [-0.1, -0.05) is 30.3 Å². The fourth-order valence-corrected chi connectivity index (χ4v) is 3.83. The highest BCUT2D eigenvalue weighted by Crippen LogP contribution is 2.35. The number of nitrogens with one attached hydrogen (secondary N) is 1. The summed E-state index contributed by atoms with van der Waals surface area (Å²) in [5.74, 6) is 1.88. The number of benzene rings is 2. The van der Waals surface area contributed by atoms with Crippen molar-refractivity contribution in [2.24, 2.45) is 0 Å². The Morgan fingerprint density at radius 3 is 3.00 bits per heavy atom. The van der Waals surface area contributed by atoms with Crippen LogP contribution in [-0.2, 0) is 11.2 Å². The van der Waals surface area contributed by atoms with Gasteiger partial charge in [0.1, 0.15) is 5.75 Å². The van der Waals surface area contributed by atoms with Crippen LogP contribution in [0.3, 0.4) is 0 Å². The predicted octanol–water partition coefficient (Wildman–Crippen LogP) is 3.59. The number of thioether (sulfide) groups is 1. The molecule has 3 nitrogen and oxygen atoms in total. The molecule has 3 rings (SSSR count). The third-order valence-corrected chi connectivity index (χ3v) is 4.92. The summed E-state index contributed by atoms with van der Waals surface area (Å²) in [4.78, 5) is 13.6. The maximum Gasteiger partial charge on any atom is 0.224 e. The molecule has 0 saturated heterocycles. The van der Waals surface area contributed by atoms with Gasteiger partial charge < -0.3 is 10.1 Å². The molecular weight excluding hydrogens is 294 g/mol. The van der Waals surface area contributed by atoms with Gasteiger partial charge >= 0.3 is 0 Å². The quantitative estimate of drug-likeness (QED) is 0.937. The molecule has 0 spiro atoms. The topological polar surface area (TPSA) is 38.3 Å². The van der Waals surface area contributed by atoms with Gasteiger partial charge in [0.2, 0.25) is 5.91 Å². The summed E-state index contributed by atoms with van der Waals surface area (Å²) in [6, 6.07) is 16.1. The van der Waals surface area contributed by atoms with Crippen LogP contribution in [0.15, 0.2) is 53.4 Å². The highest BCUT2D eigenvalue weighted by molar-refractivity contribution is 7.99. The Morgan fingerprint density at radius 1 is 1.27 bits per heavy atom. The maximum absolute atomic E-state index is 12.3. The number of ether oxygens (including phenoxy) is 1. The lowest BCUT2D eigenvalue weighted by molar-refractivity contribution is -0.121. The first-order valence-electron chi connectivity index (χ1n) is 7.40. The molecule has 0 radical (unpaired) electrons. The molecule has 2 aromatic carbocycles. The van der Waals surface area contributed by atoms with Crippen molar-refractivity contribution in [1.82, 2.24) is 5.32 Å². The lowest BCUT2D eigenvalue weighted by Crippen LogP contribution is -2.31. The van der Waals surface area contributed by atoms with Crippen LogP contribution in [0.1, 0.15) is 23.6 Å². The van der Waals surface area contributed by atoms with Crippen molar-refractivity contribution in [3.05, 3.63) is 59.7 Å². The molecule has 0 unspecified atom stereocenters. The summed E-state index contributed by atoms with van der Waals surface area (Å²) in [6.07, 6.45) is 1.36. The van der Waals surface area contributed by atoms with Crippen molar-refractivity contribution in [3.8, 4) is 5.75 Å². The Morgan fingerprint density at radius 2 is 2.14 bits per heavy atom. The lowest BCUT2D eigenvalue weighted by Gasteiger charge is -2.25. The predicted molar refractivity (Wildman–Crippen MR) is 89.4 cm³/mol. The zero-order valence-corrected chi connectivity index (χ0v) is 13.4. The molecule has 0 fully saturated rings. The molecule has 1 N–H and O–H groups in total. The molecule has 2 aromatic rings. The van der Waals surface area contributed by atoms with Gasteiger partial charge in [0, 0.05) is 10.6 Å². The SMILES string of the molecule is COc1cccc(CC(=O)N[C@H]2CCSc3ccccc32)c1. The summed E-state index contributed by atoms with van der Waals surface area (Å²) >= 11 is 1.86. The lowest BCUT2D eigenvalue weighted by atomic mass is 10.0. The zero-order chi connectivity index (χ0) is 15.4. The fraction of sp³-hybridized carbons (Fsp3) is 0.278. The second-order valence-corrected chi connectivity index (χ2v) is 6.46. The molecule has 1 atom stereocenters. The first-order chi connectivity index (χ1) is 10.8. The number of methoxy groups -OCH3 is 1. The van der Waals surface area contributed by atoms with E-state index in [-0.39, 0.29) is 11.9 Å². The molecule has 22 heavy (non-hydrogen) atoms. The molecule has 114 valence electrons. The molecular formula is C18H19NO2S. The van der Waals surface area contributed by atoms with E-state index >= 15 is 0 Å². The molecule has 1 aliphatic rings. The minimum absolute atomic E-state index is 0.0555. The minimum Gasteiger partial charge on any atom is -0.497 e. The number of amides is 1.